The van der Waals surface area contributed by atoms with Gasteiger partial charge >= 0.3 is 6.09 Å². The molecule has 3 aromatic rings. The van der Waals surface area contributed by atoms with Crippen molar-refractivity contribution in [2.45, 2.75) is 73.1 Å². The molecule has 11 nitrogen and oxygen atoms in total. The van der Waals surface area contributed by atoms with Gasteiger partial charge in [-0.2, -0.15) is 0 Å². The lowest BCUT2D eigenvalue weighted by Crippen LogP contribution is -2.56. The van der Waals surface area contributed by atoms with Gasteiger partial charge in [-0.15, -0.1) is 0 Å². The second-order valence-electron chi connectivity index (χ2n) is 15.8. The van der Waals surface area contributed by atoms with Gasteiger partial charge in [0.1, 0.15) is 11.6 Å². The zero-order chi connectivity index (χ0) is 38.7. The Hall–Kier alpha value is -4.30. The van der Waals surface area contributed by atoms with Gasteiger partial charge in [-0.1, -0.05) is 25.1 Å². The van der Waals surface area contributed by atoms with E-state index in [2.05, 4.69) is 26.3 Å². The van der Waals surface area contributed by atoms with Crippen LogP contribution in [0.15, 0.2) is 78.7 Å². The summed E-state index contributed by atoms with van der Waals surface area (Å²) in [5, 5.41) is 2.34. The number of amides is 2. The van der Waals surface area contributed by atoms with Crippen molar-refractivity contribution in [3.05, 3.63) is 91.0 Å². The third kappa shape index (κ3) is 8.03. The molecule has 2 amide bonds. The van der Waals surface area contributed by atoms with Gasteiger partial charge in [-0.25, -0.2) is 27.0 Å². The van der Waals surface area contributed by atoms with E-state index in [4.69, 9.17) is 4.74 Å². The Morgan fingerprint density at radius 2 is 1.82 bits per heavy atom. The van der Waals surface area contributed by atoms with E-state index in [0.29, 0.717) is 50.6 Å². The summed E-state index contributed by atoms with van der Waals surface area (Å²) in [5.74, 6) is -0.541. The summed E-state index contributed by atoms with van der Waals surface area (Å²) >= 11 is 0. The van der Waals surface area contributed by atoms with E-state index in [0.717, 1.165) is 63.4 Å². The van der Waals surface area contributed by atoms with Crippen molar-refractivity contribution < 1.29 is 31.5 Å². The number of likely N-dealkylation sites (tertiary alicyclic amines) is 2. The third-order valence-corrected chi connectivity index (χ3v) is 14.9. The zero-order valence-electron chi connectivity index (χ0n) is 31.5. The summed E-state index contributed by atoms with van der Waals surface area (Å²) in [4.78, 5) is 34.8. The number of anilines is 1. The molecule has 0 spiro atoms. The SMILES string of the molecule is C=CC(=O)N1CCC[C@@H](S(=O)(=O)c2ccc(N3CC(CN4CCC([C@@](Cn5ccnc5)(c5cccc(F)c5)[C@H]5CCC[C@@H]5NC(=O)OC)CC4)C3)c(F)c2)C1. The van der Waals surface area contributed by atoms with Crippen LogP contribution in [0.5, 0.6) is 0 Å². The number of imidazole rings is 1. The summed E-state index contributed by atoms with van der Waals surface area (Å²) < 4.78 is 64.5. The highest BCUT2D eigenvalue weighted by Crippen LogP contribution is 2.52. The topological polar surface area (TPSA) is 117 Å². The minimum atomic E-state index is -3.83. The quantitative estimate of drug-likeness (QED) is 0.243. The molecule has 296 valence electrons. The van der Waals surface area contributed by atoms with Crippen LogP contribution in [0, 0.1) is 29.4 Å². The number of methoxy groups -OCH3 is 1. The summed E-state index contributed by atoms with van der Waals surface area (Å²) in [6.45, 7) is 8.60. The van der Waals surface area contributed by atoms with Gasteiger partial charge in [-0.05, 0) is 105 Å². The maximum atomic E-state index is 15.5. The Balaban J connectivity index is 1.01. The Bertz CT molecular complexity index is 1950. The van der Waals surface area contributed by atoms with Crippen molar-refractivity contribution in [1.82, 2.24) is 24.7 Å². The van der Waals surface area contributed by atoms with E-state index in [1.54, 1.807) is 24.4 Å². The molecule has 3 saturated heterocycles. The molecule has 4 heterocycles. The lowest BCUT2D eigenvalue weighted by Gasteiger charge is -2.51. The van der Waals surface area contributed by atoms with E-state index in [1.165, 1.54) is 30.2 Å². The summed E-state index contributed by atoms with van der Waals surface area (Å²) in [6.07, 6.45) is 11.7. The van der Waals surface area contributed by atoms with Crippen molar-refractivity contribution in [3.8, 4) is 0 Å². The molecular formula is C41H52F2N6O5S. The van der Waals surface area contributed by atoms with Gasteiger partial charge in [-0.3, -0.25) is 4.79 Å². The molecule has 7 rings (SSSR count). The normalized spacial score (nSPS) is 23.9. The van der Waals surface area contributed by atoms with Gasteiger partial charge in [0.05, 0.1) is 29.3 Å². The van der Waals surface area contributed by atoms with E-state index < -0.39 is 32.4 Å². The molecule has 0 radical (unpaired) electrons. The molecule has 4 atom stereocenters. The molecule has 0 bridgehead atoms. The first-order valence-corrected chi connectivity index (χ1v) is 21.0. The highest BCUT2D eigenvalue weighted by molar-refractivity contribution is 7.92. The average Bonchev–Trinajstić information content (AvgIpc) is 3.88. The van der Waals surface area contributed by atoms with Crippen LogP contribution in [0.25, 0.3) is 0 Å². The number of benzene rings is 2. The highest BCUT2D eigenvalue weighted by atomic mass is 32.2. The number of carbonyl (C=O) groups excluding carboxylic acids is 2. The number of ether oxygens (including phenoxy) is 1. The minimum Gasteiger partial charge on any atom is -0.453 e. The number of nitrogens with zero attached hydrogens (tertiary/aromatic N) is 5. The number of piperidine rings is 2. The van der Waals surface area contributed by atoms with Crippen LogP contribution >= 0.6 is 0 Å². The van der Waals surface area contributed by atoms with E-state index in [-0.39, 0.29) is 41.0 Å². The number of hydrogen-bond acceptors (Lipinski definition) is 8. The summed E-state index contributed by atoms with van der Waals surface area (Å²) in [7, 11) is -2.45. The first-order valence-electron chi connectivity index (χ1n) is 19.5. The van der Waals surface area contributed by atoms with Crippen LogP contribution in [0.4, 0.5) is 19.3 Å². The van der Waals surface area contributed by atoms with Crippen molar-refractivity contribution >= 4 is 27.5 Å². The fourth-order valence-corrected chi connectivity index (χ4v) is 11.8. The number of sulfone groups is 1. The first kappa shape index (κ1) is 39.0. The van der Waals surface area contributed by atoms with Crippen LogP contribution in [0.1, 0.15) is 50.5 Å². The highest BCUT2D eigenvalue weighted by Gasteiger charge is 2.52. The Morgan fingerprint density at radius 3 is 2.51 bits per heavy atom. The van der Waals surface area contributed by atoms with E-state index in [1.807, 2.05) is 23.5 Å². The third-order valence-electron chi connectivity index (χ3n) is 12.7. The van der Waals surface area contributed by atoms with Crippen molar-refractivity contribution in [3.63, 3.8) is 0 Å². The second-order valence-corrected chi connectivity index (χ2v) is 18.1. The van der Waals surface area contributed by atoms with Crippen LogP contribution in [0.3, 0.4) is 0 Å². The molecule has 4 aliphatic rings. The smallest absolute Gasteiger partial charge is 0.407 e. The number of nitrogens with one attached hydrogen (secondary N) is 1. The summed E-state index contributed by atoms with van der Waals surface area (Å²) in [6, 6.07) is 11.1. The maximum absolute atomic E-state index is 15.5. The van der Waals surface area contributed by atoms with E-state index in [9.17, 15) is 18.0 Å². The van der Waals surface area contributed by atoms with Crippen LogP contribution in [0.2, 0.25) is 0 Å². The van der Waals surface area contributed by atoms with Gasteiger partial charge in [0.2, 0.25) is 5.91 Å². The van der Waals surface area contributed by atoms with E-state index >= 15 is 8.78 Å². The number of rotatable bonds is 12. The predicted octanol–water partition coefficient (Wildman–Crippen LogP) is 5.42. The van der Waals surface area contributed by atoms with Gasteiger partial charge in [0, 0.05) is 69.0 Å². The number of hydrogen-bond donors (Lipinski definition) is 1. The number of aromatic nitrogens is 2. The molecule has 0 unspecified atom stereocenters. The fourth-order valence-electron chi connectivity index (χ4n) is 10.0. The zero-order valence-corrected chi connectivity index (χ0v) is 32.3. The predicted molar refractivity (Wildman–Crippen MR) is 205 cm³/mol. The Labute approximate surface area is 322 Å². The monoisotopic (exact) mass is 778 g/mol. The number of carbonyl (C=O) groups is 2. The van der Waals surface area contributed by atoms with Crippen molar-refractivity contribution in [2.75, 3.05) is 57.8 Å². The number of alkyl carbamates (subject to hydrolysis) is 1. The molecule has 4 fully saturated rings. The van der Waals surface area contributed by atoms with Crippen molar-refractivity contribution in [2.24, 2.45) is 17.8 Å². The standard InChI is InChI=1S/C41H52F2N6O5S/c1-3-39(50)48-17-6-9-34(26-48)55(52,53)33-12-13-38(36(43)22-33)49-24-29(25-49)23-46-18-14-30(15-19-46)41(27-47-20-16-44-28-47,31-7-4-8-32(42)21-31)35-10-5-11-37(35)45-40(51)54-2/h3-4,7-8,12-13,16,20-22,28-30,34-35,37H,1,5-6,9-11,14-15,17-19,23-27H2,2H3,(H,45,51)/t34-,35+,37+,41+/m1/s1. The van der Waals surface area contributed by atoms with Crippen LogP contribution in [-0.4, -0.2) is 104 Å². The number of halogens is 2. The molecule has 2 aromatic carbocycles. The molecule has 3 aliphatic heterocycles. The van der Waals surface area contributed by atoms with Crippen molar-refractivity contribution in [1.29, 1.82) is 0 Å². The lowest BCUT2D eigenvalue weighted by atomic mass is 9.58. The Morgan fingerprint density at radius 1 is 1.02 bits per heavy atom. The largest absolute Gasteiger partial charge is 0.453 e. The minimum absolute atomic E-state index is 0.0565. The fraction of sp³-hybridized carbons (Fsp3) is 0.537. The average molecular weight is 779 g/mol. The lowest BCUT2D eigenvalue weighted by molar-refractivity contribution is -0.126. The van der Waals surface area contributed by atoms with Gasteiger partial charge in [0.15, 0.2) is 9.84 Å². The molecule has 1 aliphatic carbocycles. The molecule has 1 aromatic heterocycles. The van der Waals surface area contributed by atoms with Gasteiger partial charge < -0.3 is 29.3 Å². The van der Waals surface area contributed by atoms with Gasteiger partial charge in [0.25, 0.3) is 0 Å². The molecule has 14 heteroatoms. The second kappa shape index (κ2) is 16.4. The molecule has 55 heavy (non-hydrogen) atoms. The maximum Gasteiger partial charge on any atom is 0.407 e. The molecule has 1 saturated carbocycles. The molecule has 1 N–H and O–H groups in total. The summed E-state index contributed by atoms with van der Waals surface area (Å²) in [5.41, 5.74) is 0.871. The molecular weight excluding hydrogens is 727 g/mol. The Kier molecular flexibility index (Phi) is 11.6. The van der Waals surface area contributed by atoms with Crippen LogP contribution in [-0.2, 0) is 31.3 Å². The first-order chi connectivity index (χ1) is 26.5. The van der Waals surface area contributed by atoms with Crippen LogP contribution < -0.4 is 10.2 Å².